The van der Waals surface area contributed by atoms with Gasteiger partial charge in [-0.25, -0.2) is 0 Å². The van der Waals surface area contributed by atoms with Gasteiger partial charge in [0.2, 0.25) is 5.89 Å². The lowest BCUT2D eigenvalue weighted by Gasteiger charge is -2.01. The second kappa shape index (κ2) is 4.87. The lowest BCUT2D eigenvalue weighted by Crippen LogP contribution is -2.10. The normalized spacial score (nSPS) is 16.0. The van der Waals surface area contributed by atoms with Crippen molar-refractivity contribution in [3.8, 4) is 12.3 Å². The number of fused-ring (bicyclic) bond motifs is 1. The van der Waals surface area contributed by atoms with Crippen molar-refractivity contribution < 1.29 is 4.52 Å². The molecule has 4 nitrogen and oxygen atoms in total. The number of hydrogen-bond acceptors (Lipinski definition) is 4. The highest BCUT2D eigenvalue weighted by Crippen LogP contribution is 2.32. The first-order chi connectivity index (χ1) is 9.28. The van der Waals surface area contributed by atoms with Crippen LogP contribution in [0, 0.1) is 12.3 Å². The van der Waals surface area contributed by atoms with Crippen LogP contribution >= 0.6 is 0 Å². The molecule has 0 spiro atoms. The summed E-state index contributed by atoms with van der Waals surface area (Å²) in [5, 5.41) is 4.05. The first-order valence-corrected chi connectivity index (χ1v) is 6.37. The van der Waals surface area contributed by atoms with Gasteiger partial charge in [0.05, 0.1) is 6.04 Å². The zero-order chi connectivity index (χ0) is 13.2. The monoisotopic (exact) mass is 253 g/mol. The third-order valence-corrected chi connectivity index (χ3v) is 3.53. The van der Waals surface area contributed by atoms with Gasteiger partial charge in [0, 0.05) is 12.3 Å². The van der Waals surface area contributed by atoms with Crippen LogP contribution in [-0.4, -0.2) is 10.1 Å². The smallest absolute Gasteiger partial charge is 0.244 e. The molecule has 1 heterocycles. The van der Waals surface area contributed by atoms with E-state index in [1.165, 1.54) is 11.1 Å². The zero-order valence-electron chi connectivity index (χ0n) is 10.5. The van der Waals surface area contributed by atoms with Crippen LogP contribution in [0.3, 0.4) is 0 Å². The van der Waals surface area contributed by atoms with E-state index < -0.39 is 0 Å². The number of rotatable bonds is 3. The van der Waals surface area contributed by atoms with Gasteiger partial charge in [0.15, 0.2) is 5.82 Å². The first kappa shape index (κ1) is 11.9. The van der Waals surface area contributed by atoms with Gasteiger partial charge < -0.3 is 10.3 Å². The number of terminal acetylenes is 1. The van der Waals surface area contributed by atoms with Gasteiger partial charge >= 0.3 is 0 Å². The molecule has 0 fully saturated rings. The second-order valence-electron chi connectivity index (χ2n) is 4.88. The Kier molecular flexibility index (Phi) is 3.06. The van der Waals surface area contributed by atoms with Crippen molar-refractivity contribution in [2.24, 2.45) is 5.73 Å². The fourth-order valence-electron chi connectivity index (χ4n) is 2.52. The highest BCUT2D eigenvalue weighted by atomic mass is 16.5. The molecule has 0 saturated carbocycles. The van der Waals surface area contributed by atoms with Crippen molar-refractivity contribution in [2.45, 2.75) is 31.2 Å². The lowest BCUT2D eigenvalue weighted by molar-refractivity contribution is 0.350. The predicted octanol–water partition coefficient (Wildman–Crippen LogP) is 1.98. The van der Waals surface area contributed by atoms with E-state index in [-0.39, 0.29) is 12.0 Å². The number of hydrogen-bond donors (Lipinski definition) is 1. The highest BCUT2D eigenvalue weighted by molar-refractivity contribution is 5.34. The first-order valence-electron chi connectivity index (χ1n) is 6.37. The molecular weight excluding hydrogens is 238 g/mol. The van der Waals surface area contributed by atoms with Crippen molar-refractivity contribution in [1.29, 1.82) is 0 Å². The molecule has 1 atom stereocenters. The molecule has 0 aliphatic heterocycles. The van der Waals surface area contributed by atoms with Gasteiger partial charge in [-0.15, -0.1) is 12.3 Å². The van der Waals surface area contributed by atoms with E-state index in [1.807, 2.05) is 0 Å². The largest absolute Gasteiger partial charge is 0.338 e. The summed E-state index contributed by atoms with van der Waals surface area (Å²) in [7, 11) is 0. The molecule has 1 aromatic heterocycles. The summed E-state index contributed by atoms with van der Waals surface area (Å²) in [5.41, 5.74) is 8.60. The van der Waals surface area contributed by atoms with Crippen molar-refractivity contribution in [1.82, 2.24) is 10.1 Å². The summed E-state index contributed by atoms with van der Waals surface area (Å²) < 4.78 is 5.21. The summed E-state index contributed by atoms with van der Waals surface area (Å²) >= 11 is 0. The molecule has 0 radical (unpaired) electrons. The maximum absolute atomic E-state index is 5.86. The van der Waals surface area contributed by atoms with E-state index in [0.29, 0.717) is 12.3 Å². The van der Waals surface area contributed by atoms with E-state index in [9.17, 15) is 0 Å². The minimum atomic E-state index is -0.366. The molecule has 96 valence electrons. The molecule has 0 saturated heterocycles. The number of nitrogens with zero attached hydrogens (tertiary/aromatic N) is 2. The third-order valence-electron chi connectivity index (χ3n) is 3.53. The van der Waals surface area contributed by atoms with Crippen LogP contribution in [-0.2, 0) is 12.8 Å². The summed E-state index contributed by atoms with van der Waals surface area (Å²) in [5.74, 6) is 3.96. The van der Waals surface area contributed by atoms with E-state index >= 15 is 0 Å². The van der Waals surface area contributed by atoms with Gasteiger partial charge in [0.1, 0.15) is 0 Å². The van der Waals surface area contributed by atoms with Gasteiger partial charge in [-0.1, -0.05) is 29.4 Å². The summed E-state index contributed by atoms with van der Waals surface area (Å²) in [6.07, 6.45) is 7.56. The molecule has 1 aliphatic carbocycles. The SMILES string of the molecule is C#CCC(N)c1nc(C2Cc3ccccc3C2)no1. The topological polar surface area (TPSA) is 64.9 Å². The molecule has 0 amide bonds. The van der Waals surface area contributed by atoms with E-state index in [0.717, 1.165) is 18.7 Å². The van der Waals surface area contributed by atoms with Gasteiger partial charge in [-0.05, 0) is 24.0 Å². The van der Waals surface area contributed by atoms with Crippen molar-refractivity contribution in [3.05, 3.63) is 47.1 Å². The molecule has 2 aromatic rings. The van der Waals surface area contributed by atoms with Crippen LogP contribution < -0.4 is 5.73 Å². The molecule has 4 heteroatoms. The van der Waals surface area contributed by atoms with Crippen LogP contribution in [0.15, 0.2) is 28.8 Å². The molecule has 2 N–H and O–H groups in total. The number of nitrogens with two attached hydrogens (primary N) is 1. The predicted molar refractivity (Wildman–Crippen MR) is 71.3 cm³/mol. The lowest BCUT2D eigenvalue weighted by atomic mass is 10.1. The average Bonchev–Trinajstić information content (AvgIpc) is 3.05. The maximum Gasteiger partial charge on any atom is 0.244 e. The Balaban J connectivity index is 1.77. The minimum absolute atomic E-state index is 0.285. The zero-order valence-corrected chi connectivity index (χ0v) is 10.5. The van der Waals surface area contributed by atoms with Crippen LogP contribution in [0.2, 0.25) is 0 Å². The standard InChI is InChI=1S/C15H15N3O/c1-2-5-13(16)15-17-14(18-19-15)12-8-10-6-3-4-7-11(10)9-12/h1,3-4,6-7,12-13H,5,8-9,16H2. The van der Waals surface area contributed by atoms with Crippen molar-refractivity contribution in [3.63, 3.8) is 0 Å². The maximum atomic E-state index is 5.86. The summed E-state index contributed by atoms with van der Waals surface area (Å²) in [6, 6.07) is 8.06. The van der Waals surface area contributed by atoms with E-state index in [4.69, 9.17) is 16.7 Å². The van der Waals surface area contributed by atoms with E-state index in [1.54, 1.807) is 0 Å². The summed E-state index contributed by atoms with van der Waals surface area (Å²) in [4.78, 5) is 4.40. The van der Waals surface area contributed by atoms with Crippen LogP contribution in [0.25, 0.3) is 0 Å². The molecule has 0 bridgehead atoms. The Labute approximate surface area is 112 Å². The molecule has 3 rings (SSSR count). The van der Waals surface area contributed by atoms with Crippen LogP contribution in [0.5, 0.6) is 0 Å². The molecule has 1 aromatic carbocycles. The van der Waals surface area contributed by atoms with Gasteiger partial charge in [0.25, 0.3) is 0 Å². The highest BCUT2D eigenvalue weighted by Gasteiger charge is 2.27. The minimum Gasteiger partial charge on any atom is -0.338 e. The Bertz CT molecular complexity index is 601. The van der Waals surface area contributed by atoms with Gasteiger partial charge in [-0.2, -0.15) is 4.98 Å². The average molecular weight is 253 g/mol. The third kappa shape index (κ3) is 2.25. The number of aromatic nitrogens is 2. The Hall–Kier alpha value is -2.12. The molecule has 19 heavy (non-hydrogen) atoms. The molecular formula is C15H15N3O. The van der Waals surface area contributed by atoms with Crippen LogP contribution in [0.4, 0.5) is 0 Å². The quantitative estimate of drug-likeness (QED) is 0.849. The Morgan fingerprint density at radius 3 is 2.68 bits per heavy atom. The van der Waals surface area contributed by atoms with E-state index in [2.05, 4.69) is 40.3 Å². The Morgan fingerprint density at radius 2 is 2.05 bits per heavy atom. The Morgan fingerprint density at radius 1 is 1.37 bits per heavy atom. The fourth-order valence-corrected chi connectivity index (χ4v) is 2.52. The fraction of sp³-hybridized carbons (Fsp3) is 0.333. The molecule has 1 unspecified atom stereocenters. The number of benzene rings is 1. The van der Waals surface area contributed by atoms with Crippen molar-refractivity contribution in [2.75, 3.05) is 0 Å². The van der Waals surface area contributed by atoms with Crippen molar-refractivity contribution >= 4 is 0 Å². The van der Waals surface area contributed by atoms with Crippen LogP contribution in [0.1, 0.15) is 41.2 Å². The van der Waals surface area contributed by atoms with Gasteiger partial charge in [-0.3, -0.25) is 0 Å². The summed E-state index contributed by atoms with van der Waals surface area (Å²) in [6.45, 7) is 0. The second-order valence-corrected chi connectivity index (χ2v) is 4.88. The molecule has 1 aliphatic rings.